The molecule has 1 aliphatic heterocycles. The van der Waals surface area contributed by atoms with Crippen LogP contribution in [-0.4, -0.2) is 36.5 Å². The van der Waals surface area contributed by atoms with Gasteiger partial charge in [-0.2, -0.15) is 0 Å². The molecule has 1 saturated heterocycles. The number of aryl methyl sites for hydroxylation is 1. The molecule has 1 heterocycles. The van der Waals surface area contributed by atoms with Crippen LogP contribution >= 0.6 is 15.9 Å². The highest BCUT2D eigenvalue weighted by Gasteiger charge is 2.23. The van der Waals surface area contributed by atoms with Gasteiger partial charge in [-0.05, 0) is 60.8 Å². The molecule has 1 unspecified atom stereocenters. The van der Waals surface area contributed by atoms with Crippen molar-refractivity contribution < 1.29 is 4.79 Å². The third-order valence-corrected chi connectivity index (χ3v) is 4.72. The van der Waals surface area contributed by atoms with Gasteiger partial charge in [0, 0.05) is 23.6 Å². The standard InChI is InChI=1S/C17H25BrN2O/c1-3-4-10-20(12-14-6-5-9-19-14)17(21)15-11-13(2)7-8-16(15)18/h7-8,11,14,19H,3-6,9-10,12H2,1-2H3. The van der Waals surface area contributed by atoms with Crippen molar-refractivity contribution in [1.29, 1.82) is 0 Å². The molecular weight excluding hydrogens is 328 g/mol. The number of carbonyl (C=O) groups is 1. The highest BCUT2D eigenvalue weighted by Crippen LogP contribution is 2.21. The molecule has 1 aromatic carbocycles. The van der Waals surface area contributed by atoms with E-state index in [4.69, 9.17) is 0 Å². The van der Waals surface area contributed by atoms with Crippen LogP contribution in [0.3, 0.4) is 0 Å². The maximum atomic E-state index is 12.9. The first-order chi connectivity index (χ1) is 10.1. The number of benzene rings is 1. The van der Waals surface area contributed by atoms with E-state index in [1.54, 1.807) is 0 Å². The van der Waals surface area contributed by atoms with Crippen LogP contribution in [0.5, 0.6) is 0 Å². The Morgan fingerprint density at radius 2 is 2.29 bits per heavy atom. The van der Waals surface area contributed by atoms with E-state index in [0.717, 1.165) is 48.1 Å². The summed E-state index contributed by atoms with van der Waals surface area (Å²) in [5.74, 6) is 0.146. The van der Waals surface area contributed by atoms with Crippen molar-refractivity contribution in [3.8, 4) is 0 Å². The van der Waals surface area contributed by atoms with E-state index >= 15 is 0 Å². The predicted octanol–water partition coefficient (Wildman–Crippen LogP) is 3.75. The van der Waals surface area contributed by atoms with Crippen LogP contribution in [0.1, 0.15) is 48.5 Å². The van der Waals surface area contributed by atoms with Gasteiger partial charge in [0.1, 0.15) is 0 Å². The van der Waals surface area contributed by atoms with Gasteiger partial charge in [0.05, 0.1) is 5.56 Å². The molecule has 1 atom stereocenters. The highest BCUT2D eigenvalue weighted by atomic mass is 79.9. The topological polar surface area (TPSA) is 32.3 Å². The van der Waals surface area contributed by atoms with Gasteiger partial charge in [0.2, 0.25) is 0 Å². The number of amides is 1. The quantitative estimate of drug-likeness (QED) is 0.845. The molecule has 0 aliphatic carbocycles. The molecule has 116 valence electrons. The van der Waals surface area contributed by atoms with Crippen LogP contribution in [-0.2, 0) is 0 Å². The summed E-state index contributed by atoms with van der Waals surface area (Å²) >= 11 is 3.52. The second kappa shape index (κ2) is 7.95. The first kappa shape index (κ1) is 16.5. The fourth-order valence-corrected chi connectivity index (χ4v) is 3.19. The van der Waals surface area contributed by atoms with Gasteiger partial charge in [0.15, 0.2) is 0 Å². The fraction of sp³-hybridized carbons (Fsp3) is 0.588. The molecule has 0 aromatic heterocycles. The van der Waals surface area contributed by atoms with E-state index in [1.807, 2.05) is 30.0 Å². The summed E-state index contributed by atoms with van der Waals surface area (Å²) in [5, 5.41) is 3.49. The lowest BCUT2D eigenvalue weighted by molar-refractivity contribution is 0.0738. The van der Waals surface area contributed by atoms with E-state index < -0.39 is 0 Å². The van der Waals surface area contributed by atoms with Crippen molar-refractivity contribution in [3.63, 3.8) is 0 Å². The molecule has 1 N–H and O–H groups in total. The van der Waals surface area contributed by atoms with Gasteiger partial charge in [-0.15, -0.1) is 0 Å². The lowest BCUT2D eigenvalue weighted by atomic mass is 10.1. The Morgan fingerprint density at radius 3 is 2.95 bits per heavy atom. The van der Waals surface area contributed by atoms with Gasteiger partial charge < -0.3 is 10.2 Å². The first-order valence-corrected chi connectivity index (χ1v) is 8.70. The molecule has 0 saturated carbocycles. The minimum Gasteiger partial charge on any atom is -0.337 e. The average molecular weight is 353 g/mol. The molecule has 21 heavy (non-hydrogen) atoms. The number of halogens is 1. The van der Waals surface area contributed by atoms with Crippen LogP contribution in [0.4, 0.5) is 0 Å². The maximum absolute atomic E-state index is 12.9. The number of hydrogen-bond acceptors (Lipinski definition) is 2. The largest absolute Gasteiger partial charge is 0.337 e. The van der Waals surface area contributed by atoms with Gasteiger partial charge >= 0.3 is 0 Å². The molecule has 0 spiro atoms. The second-order valence-electron chi connectivity index (χ2n) is 5.88. The summed E-state index contributed by atoms with van der Waals surface area (Å²) in [6.07, 6.45) is 4.55. The summed E-state index contributed by atoms with van der Waals surface area (Å²) < 4.78 is 0.888. The summed E-state index contributed by atoms with van der Waals surface area (Å²) in [6.45, 7) is 6.93. The fourth-order valence-electron chi connectivity index (χ4n) is 2.78. The van der Waals surface area contributed by atoms with Gasteiger partial charge in [-0.1, -0.05) is 25.0 Å². The number of carbonyl (C=O) groups excluding carboxylic acids is 1. The first-order valence-electron chi connectivity index (χ1n) is 7.90. The Balaban J connectivity index is 2.13. The molecule has 0 radical (unpaired) electrons. The Morgan fingerprint density at radius 1 is 1.48 bits per heavy atom. The number of unbranched alkanes of at least 4 members (excludes halogenated alkanes) is 1. The Hall–Kier alpha value is -0.870. The molecule has 0 bridgehead atoms. The second-order valence-corrected chi connectivity index (χ2v) is 6.74. The van der Waals surface area contributed by atoms with Crippen molar-refractivity contribution in [2.75, 3.05) is 19.6 Å². The zero-order chi connectivity index (χ0) is 15.2. The Labute approximate surface area is 136 Å². The van der Waals surface area contributed by atoms with Gasteiger partial charge in [-0.25, -0.2) is 0 Å². The summed E-state index contributed by atoms with van der Waals surface area (Å²) in [7, 11) is 0. The smallest absolute Gasteiger partial charge is 0.255 e. The molecule has 1 aromatic rings. The van der Waals surface area contributed by atoms with E-state index in [0.29, 0.717) is 6.04 Å². The number of rotatable bonds is 6. The van der Waals surface area contributed by atoms with Crippen molar-refractivity contribution >= 4 is 21.8 Å². The monoisotopic (exact) mass is 352 g/mol. The summed E-state index contributed by atoms with van der Waals surface area (Å²) in [4.78, 5) is 14.9. The van der Waals surface area contributed by atoms with Crippen molar-refractivity contribution in [2.24, 2.45) is 0 Å². The minimum absolute atomic E-state index is 0.146. The number of hydrogen-bond donors (Lipinski definition) is 1. The Bertz CT molecular complexity index is 484. The maximum Gasteiger partial charge on any atom is 0.255 e. The zero-order valence-corrected chi connectivity index (χ0v) is 14.6. The van der Waals surface area contributed by atoms with E-state index in [2.05, 4.69) is 28.2 Å². The third-order valence-electron chi connectivity index (χ3n) is 4.02. The highest BCUT2D eigenvalue weighted by molar-refractivity contribution is 9.10. The van der Waals surface area contributed by atoms with E-state index in [1.165, 1.54) is 12.8 Å². The van der Waals surface area contributed by atoms with Crippen molar-refractivity contribution in [1.82, 2.24) is 10.2 Å². The SMILES string of the molecule is CCCCN(CC1CCCN1)C(=O)c1cc(C)ccc1Br. The molecule has 1 amide bonds. The average Bonchev–Trinajstić information content (AvgIpc) is 2.98. The summed E-state index contributed by atoms with van der Waals surface area (Å²) in [6, 6.07) is 6.42. The number of nitrogens with one attached hydrogen (secondary N) is 1. The third kappa shape index (κ3) is 4.55. The van der Waals surface area contributed by atoms with Crippen LogP contribution < -0.4 is 5.32 Å². The zero-order valence-electron chi connectivity index (χ0n) is 13.0. The molecular formula is C17H25BrN2O. The van der Waals surface area contributed by atoms with Gasteiger partial charge in [0.25, 0.3) is 5.91 Å². The lowest BCUT2D eigenvalue weighted by Crippen LogP contribution is -2.41. The number of nitrogens with zero attached hydrogens (tertiary/aromatic N) is 1. The molecule has 3 nitrogen and oxygen atoms in total. The van der Waals surface area contributed by atoms with E-state index in [9.17, 15) is 4.79 Å². The minimum atomic E-state index is 0.146. The van der Waals surface area contributed by atoms with Crippen LogP contribution in [0.25, 0.3) is 0 Å². The molecule has 1 fully saturated rings. The Kier molecular flexibility index (Phi) is 6.24. The predicted molar refractivity (Wildman–Crippen MR) is 90.7 cm³/mol. The van der Waals surface area contributed by atoms with Crippen LogP contribution in [0.15, 0.2) is 22.7 Å². The van der Waals surface area contributed by atoms with Gasteiger partial charge in [-0.3, -0.25) is 4.79 Å². The molecule has 1 aliphatic rings. The van der Waals surface area contributed by atoms with Crippen molar-refractivity contribution in [2.45, 2.75) is 45.6 Å². The normalized spacial score (nSPS) is 18.0. The van der Waals surface area contributed by atoms with E-state index in [-0.39, 0.29) is 5.91 Å². The summed E-state index contributed by atoms with van der Waals surface area (Å²) in [5.41, 5.74) is 1.90. The lowest BCUT2D eigenvalue weighted by Gasteiger charge is -2.26. The van der Waals surface area contributed by atoms with Crippen LogP contribution in [0.2, 0.25) is 0 Å². The van der Waals surface area contributed by atoms with Crippen LogP contribution in [0, 0.1) is 6.92 Å². The molecule has 4 heteroatoms. The van der Waals surface area contributed by atoms with Crippen molar-refractivity contribution in [3.05, 3.63) is 33.8 Å². The molecule has 2 rings (SSSR count).